The van der Waals surface area contributed by atoms with Crippen molar-refractivity contribution in [3.8, 4) is 11.5 Å². The van der Waals surface area contributed by atoms with Crippen LogP contribution in [0, 0.1) is 5.82 Å². The van der Waals surface area contributed by atoms with E-state index in [0.717, 1.165) is 0 Å². The molecule has 134 valence electrons. The first-order valence-corrected chi connectivity index (χ1v) is 8.63. The smallest absolute Gasteiger partial charge is 0.217 e. The van der Waals surface area contributed by atoms with Gasteiger partial charge < -0.3 is 15.8 Å². The lowest BCUT2D eigenvalue weighted by atomic mass is 10.0. The summed E-state index contributed by atoms with van der Waals surface area (Å²) < 4.78 is 20.6. The maximum atomic E-state index is 15.0. The summed E-state index contributed by atoms with van der Waals surface area (Å²) in [6, 6.07) is 12.0. The number of halogens is 2. The third kappa shape index (κ3) is 5.44. The lowest BCUT2D eigenvalue weighted by Gasteiger charge is -2.20. The number of amides is 1. The van der Waals surface area contributed by atoms with E-state index in [4.69, 9.17) is 22.1 Å². The maximum absolute atomic E-state index is 15.0. The second-order valence-corrected chi connectivity index (χ2v) is 6.09. The number of rotatable bonds is 9. The molecule has 3 N–H and O–H groups in total. The zero-order valence-corrected chi connectivity index (χ0v) is 14.9. The van der Waals surface area contributed by atoms with Crippen molar-refractivity contribution in [2.45, 2.75) is 32.2 Å². The highest BCUT2D eigenvalue weighted by Gasteiger charge is 2.20. The van der Waals surface area contributed by atoms with Gasteiger partial charge in [-0.25, -0.2) is 4.39 Å². The lowest BCUT2D eigenvalue weighted by molar-refractivity contribution is -0.118. The van der Waals surface area contributed by atoms with Gasteiger partial charge in [-0.1, -0.05) is 42.8 Å². The second kappa shape index (κ2) is 9.39. The Labute approximate surface area is 152 Å². The van der Waals surface area contributed by atoms with Crippen LogP contribution in [0.5, 0.6) is 11.5 Å². The van der Waals surface area contributed by atoms with Crippen LogP contribution in [0.25, 0.3) is 0 Å². The number of nitrogens with two attached hydrogens (primary N) is 1. The van der Waals surface area contributed by atoms with Gasteiger partial charge in [0.1, 0.15) is 5.75 Å². The first kappa shape index (κ1) is 19.2. The van der Waals surface area contributed by atoms with Crippen LogP contribution in [-0.2, 0) is 4.79 Å². The Morgan fingerprint density at radius 2 is 2.00 bits per heavy atom. The summed E-state index contributed by atoms with van der Waals surface area (Å²) in [5, 5.41) is 3.46. The number of benzene rings is 2. The first-order chi connectivity index (χ1) is 12.0. The minimum Gasteiger partial charge on any atom is -0.453 e. The molecule has 0 unspecified atom stereocenters. The standard InChI is InChI=1S/C19H22ClFN2O2/c1-2-16(23-12-6-9-17(22)24)14-10-11-15(20)19(18(14)21)25-13-7-4-3-5-8-13/h3-5,7-8,10-11,16,23H,2,6,9,12H2,1H3,(H2,22,24)/t16-/m0/s1. The lowest BCUT2D eigenvalue weighted by Crippen LogP contribution is -2.24. The SMILES string of the molecule is CC[C@H](NCCCC(N)=O)c1ccc(Cl)c(Oc2ccccc2)c1F. The summed E-state index contributed by atoms with van der Waals surface area (Å²) >= 11 is 6.12. The average Bonchev–Trinajstić information content (AvgIpc) is 2.60. The number of hydrogen-bond donors (Lipinski definition) is 2. The Morgan fingerprint density at radius 1 is 1.28 bits per heavy atom. The van der Waals surface area contributed by atoms with Crippen molar-refractivity contribution in [3.05, 3.63) is 58.9 Å². The maximum Gasteiger partial charge on any atom is 0.217 e. The minimum absolute atomic E-state index is 0.0164. The van der Waals surface area contributed by atoms with Crippen LogP contribution in [-0.4, -0.2) is 12.5 Å². The number of ether oxygens (including phenoxy) is 1. The molecule has 6 heteroatoms. The number of para-hydroxylation sites is 1. The van der Waals surface area contributed by atoms with Gasteiger partial charge >= 0.3 is 0 Å². The van der Waals surface area contributed by atoms with E-state index in [1.807, 2.05) is 13.0 Å². The summed E-state index contributed by atoms with van der Waals surface area (Å²) in [6.45, 7) is 2.52. The van der Waals surface area contributed by atoms with Gasteiger partial charge in [-0.2, -0.15) is 0 Å². The molecule has 25 heavy (non-hydrogen) atoms. The molecule has 0 aliphatic carbocycles. The van der Waals surface area contributed by atoms with Crippen molar-refractivity contribution < 1.29 is 13.9 Å². The average molecular weight is 365 g/mol. The molecule has 0 aliphatic rings. The van der Waals surface area contributed by atoms with E-state index in [1.54, 1.807) is 36.4 Å². The van der Waals surface area contributed by atoms with Crippen LogP contribution in [0.15, 0.2) is 42.5 Å². The summed E-state index contributed by atoms with van der Waals surface area (Å²) in [5.74, 6) is -0.289. The van der Waals surface area contributed by atoms with Crippen LogP contribution in [0.1, 0.15) is 37.8 Å². The van der Waals surface area contributed by atoms with Crippen molar-refractivity contribution in [3.63, 3.8) is 0 Å². The molecule has 0 aromatic heterocycles. The molecular formula is C19H22ClFN2O2. The minimum atomic E-state index is -0.481. The Bertz CT molecular complexity index is 710. The Morgan fingerprint density at radius 3 is 2.64 bits per heavy atom. The van der Waals surface area contributed by atoms with Crippen molar-refractivity contribution >= 4 is 17.5 Å². The number of primary amides is 1. The van der Waals surface area contributed by atoms with Gasteiger partial charge in [0.05, 0.1) is 5.02 Å². The predicted molar refractivity (Wildman–Crippen MR) is 97.4 cm³/mol. The van der Waals surface area contributed by atoms with Gasteiger partial charge in [-0.3, -0.25) is 4.79 Å². The second-order valence-electron chi connectivity index (χ2n) is 5.68. The van der Waals surface area contributed by atoms with E-state index in [1.165, 1.54) is 0 Å². The molecule has 2 aromatic carbocycles. The molecule has 0 saturated heterocycles. The van der Waals surface area contributed by atoms with Crippen molar-refractivity contribution in [2.24, 2.45) is 5.73 Å². The number of carbonyl (C=O) groups is 1. The summed E-state index contributed by atoms with van der Waals surface area (Å²) in [7, 11) is 0. The molecule has 4 nitrogen and oxygen atoms in total. The zero-order chi connectivity index (χ0) is 18.2. The molecule has 2 rings (SSSR count). The molecular weight excluding hydrogens is 343 g/mol. The third-order valence-electron chi connectivity index (χ3n) is 3.82. The normalized spacial score (nSPS) is 12.0. The largest absolute Gasteiger partial charge is 0.453 e. The van der Waals surface area contributed by atoms with Crippen LogP contribution in [0.3, 0.4) is 0 Å². The summed E-state index contributed by atoms with van der Waals surface area (Å²) in [4.78, 5) is 10.8. The van der Waals surface area contributed by atoms with E-state index >= 15 is 0 Å². The fourth-order valence-electron chi connectivity index (χ4n) is 2.53. The van der Waals surface area contributed by atoms with Gasteiger partial charge in [0.2, 0.25) is 5.91 Å². The molecule has 2 aromatic rings. The summed E-state index contributed by atoms with van der Waals surface area (Å²) in [6.07, 6.45) is 1.59. The molecule has 0 heterocycles. The molecule has 1 amide bonds. The van der Waals surface area contributed by atoms with E-state index in [-0.39, 0.29) is 22.7 Å². The van der Waals surface area contributed by atoms with E-state index < -0.39 is 5.82 Å². The summed E-state index contributed by atoms with van der Waals surface area (Å²) in [5.41, 5.74) is 5.61. The number of carbonyl (C=O) groups excluding carboxylic acids is 1. The molecule has 0 radical (unpaired) electrons. The topological polar surface area (TPSA) is 64.3 Å². The quantitative estimate of drug-likeness (QED) is 0.640. The molecule has 0 bridgehead atoms. The van der Waals surface area contributed by atoms with Crippen LogP contribution in [0.2, 0.25) is 5.02 Å². The Kier molecular flexibility index (Phi) is 7.22. The molecule has 0 saturated carbocycles. The molecule has 0 spiro atoms. The fourth-order valence-corrected chi connectivity index (χ4v) is 2.71. The van der Waals surface area contributed by atoms with Gasteiger partial charge in [0.15, 0.2) is 11.6 Å². The van der Waals surface area contributed by atoms with Gasteiger partial charge in [-0.15, -0.1) is 0 Å². The predicted octanol–water partition coefficient (Wildman–Crippen LogP) is 4.58. The Balaban J connectivity index is 2.16. The van der Waals surface area contributed by atoms with Crippen molar-refractivity contribution in [1.82, 2.24) is 5.32 Å². The Hall–Kier alpha value is -2.11. The molecule has 0 fully saturated rings. The van der Waals surface area contributed by atoms with Crippen LogP contribution >= 0.6 is 11.6 Å². The van der Waals surface area contributed by atoms with E-state index in [9.17, 15) is 9.18 Å². The monoisotopic (exact) mass is 364 g/mol. The molecule has 0 aliphatic heterocycles. The van der Waals surface area contributed by atoms with Crippen molar-refractivity contribution in [2.75, 3.05) is 6.54 Å². The first-order valence-electron chi connectivity index (χ1n) is 8.25. The zero-order valence-electron chi connectivity index (χ0n) is 14.1. The highest BCUT2D eigenvalue weighted by Crippen LogP contribution is 2.36. The highest BCUT2D eigenvalue weighted by atomic mass is 35.5. The van der Waals surface area contributed by atoms with Gasteiger partial charge in [-0.05, 0) is 37.6 Å². The van der Waals surface area contributed by atoms with E-state index in [2.05, 4.69) is 5.32 Å². The van der Waals surface area contributed by atoms with E-state index in [0.29, 0.717) is 37.1 Å². The third-order valence-corrected chi connectivity index (χ3v) is 4.11. The van der Waals surface area contributed by atoms with Gasteiger partial charge in [0.25, 0.3) is 0 Å². The van der Waals surface area contributed by atoms with Crippen molar-refractivity contribution in [1.29, 1.82) is 0 Å². The number of nitrogens with one attached hydrogen (secondary N) is 1. The molecule has 1 atom stereocenters. The fraction of sp³-hybridized carbons (Fsp3) is 0.316. The highest BCUT2D eigenvalue weighted by molar-refractivity contribution is 6.32. The van der Waals surface area contributed by atoms with Crippen LogP contribution < -0.4 is 15.8 Å². The number of hydrogen-bond acceptors (Lipinski definition) is 3. The van der Waals surface area contributed by atoms with Gasteiger partial charge in [0, 0.05) is 18.0 Å². The van der Waals surface area contributed by atoms with Crippen LogP contribution in [0.4, 0.5) is 4.39 Å².